The summed E-state index contributed by atoms with van der Waals surface area (Å²) in [5, 5.41) is 19.7. The summed E-state index contributed by atoms with van der Waals surface area (Å²) in [6, 6.07) is 0. The molecule has 0 aliphatic rings. The number of aliphatic hydroxyl groups is 1. The Morgan fingerprint density at radius 1 is 1.13 bits per heavy atom. The highest BCUT2D eigenvalue weighted by Gasteiger charge is 2.03. The van der Waals surface area contributed by atoms with Crippen molar-refractivity contribution in [3.05, 3.63) is 0 Å². The van der Waals surface area contributed by atoms with Gasteiger partial charge in [-0.15, -0.1) is 0 Å². The van der Waals surface area contributed by atoms with E-state index in [2.05, 4.69) is 6.92 Å². The third-order valence-corrected chi connectivity index (χ3v) is 2.56. The summed E-state index contributed by atoms with van der Waals surface area (Å²) in [6.45, 7) is 2.16. The van der Waals surface area contributed by atoms with Crippen LogP contribution in [0.4, 0.5) is 0 Å². The quantitative estimate of drug-likeness (QED) is 0.563. The van der Waals surface area contributed by atoms with Crippen LogP contribution in [-0.2, 0) is 4.79 Å². The first-order valence-corrected chi connectivity index (χ1v) is 6.04. The largest absolute Gasteiger partial charge is 0.550 e. The van der Waals surface area contributed by atoms with Crippen molar-refractivity contribution in [3.63, 3.8) is 0 Å². The third kappa shape index (κ3) is 11.4. The predicted octanol–water partition coefficient (Wildman–Crippen LogP) is 1.63. The van der Waals surface area contributed by atoms with Crippen LogP contribution in [0.25, 0.3) is 0 Å². The Kier molecular flexibility index (Phi) is 9.59. The van der Waals surface area contributed by atoms with E-state index in [1.54, 1.807) is 0 Å². The second-order valence-corrected chi connectivity index (χ2v) is 4.12. The van der Waals surface area contributed by atoms with E-state index in [1.165, 1.54) is 19.3 Å². The topological polar surface area (TPSA) is 60.4 Å². The van der Waals surface area contributed by atoms with Crippen molar-refractivity contribution >= 4 is 5.97 Å². The Labute approximate surface area is 92.5 Å². The normalized spacial score (nSPS) is 12.7. The molecule has 1 atom stereocenters. The number of carbonyl (C=O) groups excluding carboxylic acids is 1. The van der Waals surface area contributed by atoms with Gasteiger partial charge in [0.15, 0.2) is 0 Å². The van der Waals surface area contributed by atoms with Crippen molar-refractivity contribution in [3.8, 4) is 0 Å². The lowest BCUT2D eigenvalue weighted by Crippen LogP contribution is -2.21. The molecule has 0 aliphatic heterocycles. The van der Waals surface area contributed by atoms with E-state index in [0.717, 1.165) is 25.7 Å². The van der Waals surface area contributed by atoms with Crippen LogP contribution < -0.4 is 5.11 Å². The minimum Gasteiger partial charge on any atom is -0.550 e. The molecule has 3 heteroatoms. The highest BCUT2D eigenvalue weighted by atomic mass is 16.4. The second kappa shape index (κ2) is 9.97. The molecule has 0 saturated carbocycles. The summed E-state index contributed by atoms with van der Waals surface area (Å²) in [5.41, 5.74) is 0. The molecule has 0 saturated heterocycles. The van der Waals surface area contributed by atoms with Crippen LogP contribution in [0.2, 0.25) is 0 Å². The number of carbonyl (C=O) groups is 1. The molecule has 3 nitrogen and oxygen atoms in total. The highest BCUT2D eigenvalue weighted by Crippen LogP contribution is 2.11. The first-order chi connectivity index (χ1) is 7.16. The van der Waals surface area contributed by atoms with Crippen LogP contribution in [0.1, 0.15) is 64.7 Å². The zero-order valence-corrected chi connectivity index (χ0v) is 9.71. The smallest absolute Gasteiger partial charge is 0.0540 e. The lowest BCUT2D eigenvalue weighted by Gasteiger charge is -2.10. The van der Waals surface area contributed by atoms with Crippen molar-refractivity contribution < 1.29 is 15.0 Å². The molecule has 0 bridgehead atoms. The van der Waals surface area contributed by atoms with Crippen LogP contribution >= 0.6 is 0 Å². The van der Waals surface area contributed by atoms with Crippen LogP contribution in [-0.4, -0.2) is 17.2 Å². The van der Waals surface area contributed by atoms with Crippen molar-refractivity contribution in [1.82, 2.24) is 0 Å². The number of hydrogen-bond acceptors (Lipinski definition) is 3. The maximum atomic E-state index is 10.1. The summed E-state index contributed by atoms with van der Waals surface area (Å²) >= 11 is 0. The van der Waals surface area contributed by atoms with E-state index < -0.39 is 5.97 Å². The molecule has 0 fully saturated rings. The highest BCUT2D eigenvalue weighted by molar-refractivity contribution is 5.63. The van der Waals surface area contributed by atoms with Crippen molar-refractivity contribution in [1.29, 1.82) is 0 Å². The monoisotopic (exact) mass is 215 g/mol. The molecule has 0 amide bonds. The molecule has 0 aromatic carbocycles. The fourth-order valence-corrected chi connectivity index (χ4v) is 1.60. The molecular weight excluding hydrogens is 192 g/mol. The lowest BCUT2D eigenvalue weighted by molar-refractivity contribution is -0.305. The Morgan fingerprint density at radius 2 is 1.73 bits per heavy atom. The van der Waals surface area contributed by atoms with Crippen LogP contribution in [0.3, 0.4) is 0 Å². The maximum absolute atomic E-state index is 10.1. The molecule has 1 N–H and O–H groups in total. The molecule has 15 heavy (non-hydrogen) atoms. The van der Waals surface area contributed by atoms with Gasteiger partial charge in [0.05, 0.1) is 6.10 Å². The summed E-state index contributed by atoms with van der Waals surface area (Å²) in [6.07, 6.45) is 7.55. The average molecular weight is 215 g/mol. The number of aliphatic carboxylic acids is 1. The molecule has 0 aromatic rings. The van der Waals surface area contributed by atoms with Gasteiger partial charge in [-0.05, 0) is 25.7 Å². The zero-order valence-electron chi connectivity index (χ0n) is 9.71. The van der Waals surface area contributed by atoms with Gasteiger partial charge < -0.3 is 15.0 Å². The number of carboxylic acid groups (broad SMARTS) is 1. The Morgan fingerprint density at radius 3 is 2.27 bits per heavy atom. The standard InChI is InChI=1S/C12H24O3/c1-2-3-4-5-8-11(13)9-6-7-10-12(14)15/h11,13H,2-10H2,1H3,(H,14,15)/p-1. The van der Waals surface area contributed by atoms with Gasteiger partial charge in [-0.1, -0.05) is 39.0 Å². The molecule has 0 aliphatic carbocycles. The molecule has 1 unspecified atom stereocenters. The van der Waals surface area contributed by atoms with E-state index in [1.807, 2.05) is 0 Å². The van der Waals surface area contributed by atoms with Gasteiger partial charge in [-0.3, -0.25) is 0 Å². The summed E-state index contributed by atoms with van der Waals surface area (Å²) in [5.74, 6) is -0.993. The van der Waals surface area contributed by atoms with Crippen molar-refractivity contribution in [2.75, 3.05) is 0 Å². The summed E-state index contributed by atoms with van der Waals surface area (Å²) in [7, 11) is 0. The van der Waals surface area contributed by atoms with Crippen LogP contribution in [0, 0.1) is 0 Å². The summed E-state index contributed by atoms with van der Waals surface area (Å²) in [4.78, 5) is 10.1. The van der Waals surface area contributed by atoms with Gasteiger partial charge in [-0.25, -0.2) is 0 Å². The fraction of sp³-hybridized carbons (Fsp3) is 0.917. The van der Waals surface area contributed by atoms with Gasteiger partial charge in [0.1, 0.15) is 0 Å². The van der Waals surface area contributed by atoms with Crippen LogP contribution in [0.5, 0.6) is 0 Å². The van der Waals surface area contributed by atoms with E-state index in [-0.39, 0.29) is 12.5 Å². The Balaban J connectivity index is 3.18. The zero-order chi connectivity index (χ0) is 11.5. The SMILES string of the molecule is CCCCCCC(O)CCCCC(=O)[O-]. The average Bonchev–Trinajstić information content (AvgIpc) is 2.19. The van der Waals surface area contributed by atoms with Gasteiger partial charge >= 0.3 is 0 Å². The van der Waals surface area contributed by atoms with E-state index in [0.29, 0.717) is 6.42 Å². The fourth-order valence-electron chi connectivity index (χ4n) is 1.60. The number of unbranched alkanes of at least 4 members (excludes halogenated alkanes) is 4. The number of aliphatic hydroxyl groups excluding tert-OH is 1. The molecule has 0 aromatic heterocycles. The molecule has 0 spiro atoms. The van der Waals surface area contributed by atoms with Crippen molar-refractivity contribution in [2.24, 2.45) is 0 Å². The van der Waals surface area contributed by atoms with Gasteiger partial charge in [-0.2, -0.15) is 0 Å². The Hall–Kier alpha value is -0.570. The van der Waals surface area contributed by atoms with E-state index in [4.69, 9.17) is 0 Å². The number of rotatable bonds is 10. The van der Waals surface area contributed by atoms with Gasteiger partial charge in [0.2, 0.25) is 0 Å². The molecular formula is C12H23O3-. The van der Waals surface area contributed by atoms with Gasteiger partial charge in [0, 0.05) is 5.97 Å². The number of carboxylic acids is 1. The second-order valence-electron chi connectivity index (χ2n) is 4.12. The van der Waals surface area contributed by atoms with Crippen molar-refractivity contribution in [2.45, 2.75) is 70.8 Å². The maximum Gasteiger partial charge on any atom is 0.0540 e. The predicted molar refractivity (Wildman–Crippen MR) is 58.2 cm³/mol. The first kappa shape index (κ1) is 14.4. The minimum atomic E-state index is -0.993. The van der Waals surface area contributed by atoms with E-state index >= 15 is 0 Å². The molecule has 0 radical (unpaired) electrons. The number of hydrogen-bond donors (Lipinski definition) is 1. The molecule has 90 valence electrons. The molecule has 0 rings (SSSR count). The van der Waals surface area contributed by atoms with Crippen LogP contribution in [0.15, 0.2) is 0 Å². The third-order valence-electron chi connectivity index (χ3n) is 2.56. The van der Waals surface area contributed by atoms with Gasteiger partial charge in [0.25, 0.3) is 0 Å². The molecule has 0 heterocycles. The first-order valence-electron chi connectivity index (χ1n) is 6.04. The Bertz CT molecular complexity index is 157. The lowest BCUT2D eigenvalue weighted by atomic mass is 10.0. The minimum absolute atomic E-state index is 0.114. The summed E-state index contributed by atoms with van der Waals surface area (Å²) < 4.78 is 0. The van der Waals surface area contributed by atoms with E-state index in [9.17, 15) is 15.0 Å².